The van der Waals surface area contributed by atoms with Gasteiger partial charge in [-0.25, -0.2) is 4.39 Å². The van der Waals surface area contributed by atoms with Crippen LogP contribution in [0, 0.1) is 24.1 Å². The van der Waals surface area contributed by atoms with Crippen LogP contribution in [0.2, 0.25) is 0 Å². The smallest absolute Gasteiger partial charge is 0.318 e. The van der Waals surface area contributed by atoms with E-state index in [4.69, 9.17) is 19.4 Å². The molecule has 7 heterocycles. The summed E-state index contributed by atoms with van der Waals surface area (Å²) in [7, 11) is 4.06. The number of amides is 2. The number of piperazine rings is 1. The summed E-state index contributed by atoms with van der Waals surface area (Å²) in [6, 6.07) is 25.6. The number of fused-ring (bicyclic) bond motifs is 8. The van der Waals surface area contributed by atoms with Crippen molar-refractivity contribution in [2.75, 3.05) is 81.3 Å². The molecule has 68 heavy (non-hydrogen) atoms. The van der Waals surface area contributed by atoms with Crippen molar-refractivity contribution in [1.82, 2.24) is 29.7 Å². The number of carbonyl (C=O) groups excluding carboxylic acids is 2. The van der Waals surface area contributed by atoms with Gasteiger partial charge in [0.2, 0.25) is 0 Å². The van der Waals surface area contributed by atoms with Crippen LogP contribution in [0.3, 0.4) is 0 Å². The Morgan fingerprint density at radius 2 is 1.76 bits per heavy atom. The van der Waals surface area contributed by atoms with Gasteiger partial charge in [-0.3, -0.25) is 9.59 Å². The number of halogens is 1. The molecule has 11 rings (SSSR count). The van der Waals surface area contributed by atoms with E-state index in [0.717, 1.165) is 71.6 Å². The second-order valence-electron chi connectivity index (χ2n) is 18.9. The number of benzene rings is 4. The Labute approximate surface area is 395 Å². The van der Waals surface area contributed by atoms with Crippen LogP contribution < -0.4 is 24.2 Å². The molecule has 348 valence electrons. The largest absolute Gasteiger partial charge is 0.489 e. The molecule has 14 nitrogen and oxygen atoms in total. The van der Waals surface area contributed by atoms with Crippen LogP contribution in [-0.2, 0) is 24.2 Å². The fraction of sp³-hybridized carbons (Fsp3) is 0.377. The first kappa shape index (κ1) is 43.4. The van der Waals surface area contributed by atoms with E-state index in [-0.39, 0.29) is 31.0 Å². The third-order valence-electron chi connectivity index (χ3n) is 14.9. The normalized spacial score (nSPS) is 20.2. The molecule has 6 aromatic rings. The van der Waals surface area contributed by atoms with E-state index in [9.17, 15) is 19.2 Å². The van der Waals surface area contributed by atoms with E-state index < -0.39 is 11.9 Å². The summed E-state index contributed by atoms with van der Waals surface area (Å²) >= 11 is 0. The zero-order chi connectivity index (χ0) is 46.8. The predicted octanol–water partition coefficient (Wildman–Crippen LogP) is 7.31. The van der Waals surface area contributed by atoms with Crippen LogP contribution in [0.25, 0.3) is 21.7 Å². The molecular formula is C53H55FN10O4. The second-order valence-corrected chi connectivity index (χ2v) is 18.9. The average Bonchev–Trinajstić information content (AvgIpc) is 3.95. The SMILES string of the molecule is C=C(COc1ccc2[nH]c3c(c2c1)CCN1C(=O)c2cc(F)ccc2N(C)C31)C(=O)N1CCN(c2nc(OCC3CCCN3C)nc3c2CCN(c2cccc4cccc(C)c24)C3)CC1CC#N. The van der Waals surface area contributed by atoms with E-state index in [1.807, 2.05) is 30.1 Å². The maximum Gasteiger partial charge on any atom is 0.318 e. The van der Waals surface area contributed by atoms with E-state index in [0.29, 0.717) is 80.4 Å². The summed E-state index contributed by atoms with van der Waals surface area (Å²) < 4.78 is 26.9. The molecule has 0 bridgehead atoms. The number of carbonyl (C=O) groups is 2. The third kappa shape index (κ3) is 7.60. The third-order valence-corrected chi connectivity index (χ3v) is 14.9. The highest BCUT2D eigenvalue weighted by Gasteiger charge is 2.42. The molecule has 2 amide bonds. The molecular weight excluding hydrogens is 860 g/mol. The van der Waals surface area contributed by atoms with Crippen molar-refractivity contribution < 1.29 is 23.5 Å². The van der Waals surface area contributed by atoms with Crippen molar-refractivity contribution in [1.29, 1.82) is 5.26 Å². The number of rotatable bonds is 10. The first-order chi connectivity index (χ1) is 33.0. The van der Waals surface area contributed by atoms with Crippen LogP contribution in [-0.4, -0.2) is 120 Å². The van der Waals surface area contributed by atoms with Gasteiger partial charge in [-0.15, -0.1) is 0 Å². The van der Waals surface area contributed by atoms with Crippen molar-refractivity contribution in [3.8, 4) is 17.8 Å². The van der Waals surface area contributed by atoms with Gasteiger partial charge < -0.3 is 43.9 Å². The maximum atomic E-state index is 14.2. The van der Waals surface area contributed by atoms with Gasteiger partial charge in [0.05, 0.1) is 47.7 Å². The maximum absolute atomic E-state index is 14.2. The zero-order valence-corrected chi connectivity index (χ0v) is 38.8. The molecule has 2 fully saturated rings. The van der Waals surface area contributed by atoms with Gasteiger partial charge in [-0.05, 0) is 105 Å². The number of aromatic nitrogens is 3. The summed E-state index contributed by atoms with van der Waals surface area (Å²) in [6.45, 7) is 11.0. The lowest BCUT2D eigenvalue weighted by molar-refractivity contribution is -0.130. The molecule has 3 unspecified atom stereocenters. The number of likely N-dealkylation sites (N-methyl/N-ethyl adjacent to an activating group) is 1. The Morgan fingerprint density at radius 1 is 0.926 bits per heavy atom. The van der Waals surface area contributed by atoms with Crippen molar-refractivity contribution in [2.45, 2.75) is 63.8 Å². The summed E-state index contributed by atoms with van der Waals surface area (Å²) in [6.07, 6.45) is 3.33. The molecule has 0 spiro atoms. The number of nitrogens with one attached hydrogen (secondary N) is 1. The van der Waals surface area contributed by atoms with Crippen molar-refractivity contribution in [3.05, 3.63) is 124 Å². The van der Waals surface area contributed by atoms with Gasteiger partial charge in [0.15, 0.2) is 0 Å². The number of aryl methyl sites for hydroxylation is 1. The Balaban J connectivity index is 0.800. The Bertz CT molecular complexity index is 3050. The number of nitrogens with zero attached hydrogens (tertiary/aromatic N) is 9. The molecule has 5 aliphatic rings. The fourth-order valence-electron chi connectivity index (χ4n) is 11.3. The van der Waals surface area contributed by atoms with E-state index in [1.54, 1.807) is 15.9 Å². The number of hydrogen-bond acceptors (Lipinski definition) is 11. The Morgan fingerprint density at radius 3 is 2.59 bits per heavy atom. The molecule has 3 atom stereocenters. The molecule has 1 N–H and O–H groups in total. The number of anilines is 3. The molecule has 2 aromatic heterocycles. The molecule has 4 aromatic carbocycles. The summed E-state index contributed by atoms with van der Waals surface area (Å²) in [5.74, 6) is 0.530. The van der Waals surface area contributed by atoms with Crippen molar-refractivity contribution >= 4 is 50.7 Å². The number of likely N-dealkylation sites (tertiary alicyclic amines) is 1. The van der Waals surface area contributed by atoms with Gasteiger partial charge in [0.1, 0.15) is 36.8 Å². The highest BCUT2D eigenvalue weighted by molar-refractivity contribution is 6.03. The van der Waals surface area contributed by atoms with Crippen molar-refractivity contribution in [2.24, 2.45) is 0 Å². The van der Waals surface area contributed by atoms with Gasteiger partial charge >= 0.3 is 6.01 Å². The van der Waals surface area contributed by atoms with Gasteiger partial charge in [0, 0.05) is 78.9 Å². The minimum absolute atomic E-state index is 0.0273. The van der Waals surface area contributed by atoms with Gasteiger partial charge in [-0.1, -0.05) is 36.9 Å². The van der Waals surface area contributed by atoms with Crippen LogP contribution in [0.5, 0.6) is 11.8 Å². The first-order valence-corrected chi connectivity index (χ1v) is 23.7. The number of nitriles is 1. The second kappa shape index (κ2) is 17.5. The standard InChI is InChI=1S/C53H55FN10O4/c1-32-8-5-9-34-10-6-12-46(47(32)34)61-22-18-40-44(29-61)57-53(68-31-37-11-7-21-59(37)3)58-49(40)62-24-25-63(36(28-62)17-20-55)51(65)33(2)30-67-38-14-15-43-41(27-38)39-19-23-64-50(48(39)56-43)60(4)45-16-13-35(54)26-42(45)52(64)66/h5-6,8-10,12-16,26-27,36-37,50,56H,2,7,11,17-19,21-25,28-31H2,1,3-4H3. The number of H-pyrrole nitrogens is 1. The van der Waals surface area contributed by atoms with Gasteiger partial charge in [0.25, 0.3) is 11.8 Å². The molecule has 0 saturated carbocycles. The van der Waals surface area contributed by atoms with Crippen LogP contribution in [0.15, 0.2) is 84.9 Å². The number of ether oxygens (including phenoxy) is 2. The summed E-state index contributed by atoms with van der Waals surface area (Å²) in [5, 5.41) is 13.5. The lowest BCUT2D eigenvalue weighted by Gasteiger charge is -2.46. The quantitative estimate of drug-likeness (QED) is 0.139. The monoisotopic (exact) mass is 914 g/mol. The minimum atomic E-state index is -0.436. The van der Waals surface area contributed by atoms with Crippen LogP contribution in [0.4, 0.5) is 21.6 Å². The Kier molecular flexibility index (Phi) is 11.2. The van der Waals surface area contributed by atoms with Gasteiger partial charge in [-0.2, -0.15) is 15.2 Å². The summed E-state index contributed by atoms with van der Waals surface area (Å²) in [4.78, 5) is 54.0. The van der Waals surface area contributed by atoms with E-state index >= 15 is 0 Å². The van der Waals surface area contributed by atoms with Crippen molar-refractivity contribution in [3.63, 3.8) is 0 Å². The highest BCUT2D eigenvalue weighted by Crippen LogP contribution is 2.44. The van der Waals surface area contributed by atoms with Crippen LogP contribution >= 0.6 is 0 Å². The minimum Gasteiger partial charge on any atom is -0.489 e. The highest BCUT2D eigenvalue weighted by atomic mass is 19.1. The Hall–Kier alpha value is -7.18. The first-order valence-electron chi connectivity index (χ1n) is 23.7. The average molecular weight is 915 g/mol. The molecule has 5 aliphatic heterocycles. The lowest BCUT2D eigenvalue weighted by atomic mass is 9.96. The van der Waals surface area contributed by atoms with Crippen LogP contribution in [0.1, 0.15) is 63.9 Å². The number of aromatic amines is 1. The molecule has 2 saturated heterocycles. The number of hydrogen-bond donors (Lipinski definition) is 1. The van der Waals surface area contributed by atoms with E-state index in [1.165, 1.54) is 34.2 Å². The zero-order valence-electron chi connectivity index (χ0n) is 38.8. The lowest BCUT2D eigenvalue weighted by Crippen LogP contribution is -2.56. The molecule has 15 heteroatoms. The van der Waals surface area contributed by atoms with E-state index in [2.05, 4.69) is 82.7 Å². The topological polar surface area (TPSA) is 137 Å². The molecule has 0 radical (unpaired) electrons. The predicted molar refractivity (Wildman–Crippen MR) is 260 cm³/mol. The fourth-order valence-corrected chi connectivity index (χ4v) is 11.3. The summed E-state index contributed by atoms with van der Waals surface area (Å²) in [5.41, 5.74) is 8.68. The molecule has 0 aliphatic carbocycles.